The topological polar surface area (TPSA) is 112 Å². The van der Waals surface area contributed by atoms with Crippen molar-refractivity contribution in [3.63, 3.8) is 0 Å². The van der Waals surface area contributed by atoms with E-state index in [1.807, 2.05) is 0 Å². The van der Waals surface area contributed by atoms with Gasteiger partial charge >= 0.3 is 5.97 Å². The van der Waals surface area contributed by atoms with E-state index < -0.39 is 12.0 Å². The van der Waals surface area contributed by atoms with E-state index in [1.54, 1.807) is 6.92 Å². The molecule has 0 aromatic rings. The average Bonchev–Trinajstić information content (AvgIpc) is 2.10. The number of rotatable bonds is 7. The van der Waals surface area contributed by atoms with Gasteiger partial charge in [0.1, 0.15) is 12.7 Å². The van der Waals surface area contributed by atoms with E-state index in [-0.39, 0.29) is 12.6 Å². The van der Waals surface area contributed by atoms with Gasteiger partial charge in [0.15, 0.2) is 0 Å². The smallest absolute Gasteiger partial charge is 0.320 e. The van der Waals surface area contributed by atoms with Crippen molar-refractivity contribution in [3.05, 3.63) is 0 Å². The average molecular weight is 188 g/mol. The van der Waals surface area contributed by atoms with Crippen LogP contribution in [0.1, 0.15) is 13.3 Å². The summed E-state index contributed by atoms with van der Waals surface area (Å²) in [5, 5.41) is 14.5. The predicted molar refractivity (Wildman–Crippen MR) is 47.4 cm³/mol. The Morgan fingerprint density at radius 3 is 2.85 bits per heavy atom. The largest absolute Gasteiger partial charge is 0.480 e. The standard InChI is InChI=1S/C7H16N4O2/c1-5(6(8)7(12)13)2-3-10-4-11-9/h5-6,9-10H,2-4,8H2,1H3,(H,12,13)/t5-,6+/m1/s1. The molecule has 0 radical (unpaired) electrons. The fraction of sp³-hybridized carbons (Fsp3) is 0.857. The molecule has 0 aliphatic rings. The first-order chi connectivity index (χ1) is 6.09. The molecule has 0 saturated carbocycles. The number of nitrogens with one attached hydrogen (secondary N) is 2. The van der Waals surface area contributed by atoms with Gasteiger partial charge in [-0.1, -0.05) is 6.92 Å². The normalized spacial score (nSPS) is 14.9. The third-order valence-corrected chi connectivity index (χ3v) is 1.87. The number of aliphatic carboxylic acids is 1. The molecule has 0 saturated heterocycles. The predicted octanol–water partition coefficient (Wildman–Crippen LogP) is 0.00257. The SMILES string of the molecule is C[C@H](CCNCN=N)[C@H](N)C(=O)O. The van der Waals surface area contributed by atoms with E-state index in [1.165, 1.54) is 0 Å². The van der Waals surface area contributed by atoms with Crippen LogP contribution in [0.2, 0.25) is 0 Å². The highest BCUT2D eigenvalue weighted by atomic mass is 16.4. The van der Waals surface area contributed by atoms with E-state index >= 15 is 0 Å². The molecular weight excluding hydrogens is 172 g/mol. The van der Waals surface area contributed by atoms with Gasteiger partial charge in [0.05, 0.1) is 0 Å². The van der Waals surface area contributed by atoms with E-state index in [4.69, 9.17) is 16.4 Å². The van der Waals surface area contributed by atoms with Crippen LogP contribution in [-0.2, 0) is 4.79 Å². The Bertz CT molecular complexity index is 174. The molecule has 2 atom stereocenters. The molecule has 0 fully saturated rings. The van der Waals surface area contributed by atoms with Gasteiger partial charge in [-0.2, -0.15) is 5.11 Å². The maximum atomic E-state index is 10.4. The second-order valence-electron chi connectivity index (χ2n) is 2.95. The number of nitrogens with zero attached hydrogens (tertiary/aromatic N) is 1. The number of carboxylic acids is 1. The summed E-state index contributed by atoms with van der Waals surface area (Å²) in [7, 11) is 0. The second-order valence-corrected chi connectivity index (χ2v) is 2.95. The number of hydrogen-bond acceptors (Lipinski definition) is 5. The highest BCUT2D eigenvalue weighted by molar-refractivity contribution is 5.73. The fourth-order valence-electron chi connectivity index (χ4n) is 0.888. The van der Waals surface area contributed by atoms with Gasteiger partial charge in [-0.3, -0.25) is 10.1 Å². The molecule has 0 rings (SSSR count). The molecule has 0 spiro atoms. The lowest BCUT2D eigenvalue weighted by Gasteiger charge is -2.15. The van der Waals surface area contributed by atoms with E-state index in [0.717, 1.165) is 0 Å². The van der Waals surface area contributed by atoms with Gasteiger partial charge < -0.3 is 10.8 Å². The Morgan fingerprint density at radius 2 is 2.38 bits per heavy atom. The molecule has 0 aliphatic carbocycles. The summed E-state index contributed by atoms with van der Waals surface area (Å²) in [5.74, 6) is -1.05. The summed E-state index contributed by atoms with van der Waals surface area (Å²) < 4.78 is 0. The molecule has 6 nitrogen and oxygen atoms in total. The van der Waals surface area contributed by atoms with Crippen LogP contribution in [0.5, 0.6) is 0 Å². The van der Waals surface area contributed by atoms with Gasteiger partial charge in [0, 0.05) is 0 Å². The monoisotopic (exact) mass is 188 g/mol. The van der Waals surface area contributed by atoms with Gasteiger partial charge in [-0.25, -0.2) is 5.53 Å². The van der Waals surface area contributed by atoms with E-state index in [9.17, 15) is 4.79 Å². The molecule has 0 aromatic heterocycles. The van der Waals surface area contributed by atoms with Crippen LogP contribution in [0, 0.1) is 11.4 Å². The molecule has 0 unspecified atom stereocenters. The summed E-state index contributed by atoms with van der Waals surface area (Å²) in [6.45, 7) is 2.69. The minimum Gasteiger partial charge on any atom is -0.480 e. The van der Waals surface area contributed by atoms with Crippen LogP contribution in [0.3, 0.4) is 0 Å². The van der Waals surface area contributed by atoms with Gasteiger partial charge in [0.25, 0.3) is 0 Å². The zero-order valence-corrected chi connectivity index (χ0v) is 7.66. The lowest BCUT2D eigenvalue weighted by molar-refractivity contribution is -0.139. The van der Waals surface area contributed by atoms with Crippen molar-refractivity contribution < 1.29 is 9.90 Å². The summed E-state index contributed by atoms with van der Waals surface area (Å²) in [4.78, 5) is 10.4. The fourth-order valence-corrected chi connectivity index (χ4v) is 0.888. The molecular formula is C7H16N4O2. The van der Waals surface area contributed by atoms with Crippen molar-refractivity contribution in [2.24, 2.45) is 16.8 Å². The molecule has 13 heavy (non-hydrogen) atoms. The van der Waals surface area contributed by atoms with Crippen LogP contribution < -0.4 is 11.1 Å². The first kappa shape index (κ1) is 12.0. The lowest BCUT2D eigenvalue weighted by atomic mass is 9.99. The molecule has 76 valence electrons. The van der Waals surface area contributed by atoms with Crippen molar-refractivity contribution in [3.8, 4) is 0 Å². The first-order valence-corrected chi connectivity index (χ1v) is 4.12. The maximum Gasteiger partial charge on any atom is 0.320 e. The van der Waals surface area contributed by atoms with Crippen LogP contribution in [0.15, 0.2) is 5.11 Å². The number of carbonyl (C=O) groups is 1. The zero-order valence-electron chi connectivity index (χ0n) is 7.66. The number of carboxylic acid groups (broad SMARTS) is 1. The van der Waals surface area contributed by atoms with E-state index in [0.29, 0.717) is 13.0 Å². The molecule has 0 bridgehead atoms. The molecule has 5 N–H and O–H groups in total. The molecule has 0 amide bonds. The third kappa shape index (κ3) is 5.26. The van der Waals surface area contributed by atoms with Crippen molar-refractivity contribution in [1.82, 2.24) is 5.32 Å². The first-order valence-electron chi connectivity index (χ1n) is 4.12. The van der Waals surface area contributed by atoms with Crippen molar-refractivity contribution >= 4 is 5.97 Å². The maximum absolute atomic E-state index is 10.4. The highest BCUT2D eigenvalue weighted by Crippen LogP contribution is 2.04. The quantitative estimate of drug-likeness (QED) is 0.333. The van der Waals surface area contributed by atoms with Gasteiger partial charge in [-0.05, 0) is 18.9 Å². The van der Waals surface area contributed by atoms with Crippen molar-refractivity contribution in [1.29, 1.82) is 5.53 Å². The van der Waals surface area contributed by atoms with E-state index in [2.05, 4.69) is 10.4 Å². The Hall–Kier alpha value is -1.01. The highest BCUT2D eigenvalue weighted by Gasteiger charge is 2.18. The number of hydrogen-bond donors (Lipinski definition) is 4. The third-order valence-electron chi connectivity index (χ3n) is 1.87. The Balaban J connectivity index is 3.55. The van der Waals surface area contributed by atoms with Crippen LogP contribution in [0.4, 0.5) is 0 Å². The Kier molecular flexibility index (Phi) is 5.99. The Morgan fingerprint density at radius 1 is 1.77 bits per heavy atom. The van der Waals surface area contributed by atoms with Crippen LogP contribution >= 0.6 is 0 Å². The molecule has 0 heterocycles. The zero-order chi connectivity index (χ0) is 10.3. The van der Waals surface area contributed by atoms with Crippen molar-refractivity contribution in [2.45, 2.75) is 19.4 Å². The minimum atomic E-state index is -0.974. The Labute approximate surface area is 77.0 Å². The summed E-state index contributed by atoms with van der Waals surface area (Å²) >= 11 is 0. The summed E-state index contributed by atoms with van der Waals surface area (Å²) in [5.41, 5.74) is 11.9. The summed E-state index contributed by atoms with van der Waals surface area (Å²) in [6, 6.07) is -0.810. The molecule has 0 aromatic carbocycles. The second kappa shape index (κ2) is 6.50. The van der Waals surface area contributed by atoms with Crippen molar-refractivity contribution in [2.75, 3.05) is 13.2 Å². The van der Waals surface area contributed by atoms with Gasteiger partial charge in [0.2, 0.25) is 0 Å². The molecule has 6 heteroatoms. The minimum absolute atomic E-state index is 0.0734. The van der Waals surface area contributed by atoms with Crippen LogP contribution in [0.25, 0.3) is 0 Å². The lowest BCUT2D eigenvalue weighted by Crippen LogP contribution is -2.37. The van der Waals surface area contributed by atoms with Gasteiger partial charge in [-0.15, -0.1) is 0 Å². The van der Waals surface area contributed by atoms with Crippen LogP contribution in [-0.4, -0.2) is 30.3 Å². The molecule has 0 aliphatic heterocycles. The number of nitrogens with two attached hydrogens (primary N) is 1. The summed E-state index contributed by atoms with van der Waals surface area (Å²) in [6.07, 6.45) is 0.670.